The van der Waals surface area contributed by atoms with Crippen molar-refractivity contribution in [3.8, 4) is 0 Å². The second-order valence-electron chi connectivity index (χ2n) is 5.29. The largest absolute Gasteiger partial charge is 0.342 e. The molecule has 1 aliphatic heterocycles. The number of carbonyl (C=O) groups is 2. The van der Waals surface area contributed by atoms with E-state index in [1.807, 2.05) is 6.92 Å². The summed E-state index contributed by atoms with van der Waals surface area (Å²) in [6.07, 6.45) is 0. The number of aromatic nitrogens is 2. The monoisotopic (exact) mass is 293 g/mol. The van der Waals surface area contributed by atoms with Gasteiger partial charge in [0.15, 0.2) is 0 Å². The number of rotatable bonds is 4. The smallest absolute Gasteiger partial charge is 0.269 e. The van der Waals surface area contributed by atoms with E-state index in [-0.39, 0.29) is 18.4 Å². The quantitative estimate of drug-likeness (QED) is 0.822. The van der Waals surface area contributed by atoms with E-state index in [1.54, 1.807) is 18.0 Å². The van der Waals surface area contributed by atoms with Crippen molar-refractivity contribution in [1.29, 1.82) is 0 Å². The first-order chi connectivity index (χ1) is 10.0. The number of likely N-dealkylation sites (N-methyl/N-ethyl adjacent to an activating group) is 1. The molecule has 0 unspecified atom stereocenters. The zero-order valence-electron chi connectivity index (χ0n) is 12.9. The van der Waals surface area contributed by atoms with E-state index < -0.39 is 0 Å². The number of nitrogens with one attached hydrogen (secondary N) is 1. The molecule has 0 spiro atoms. The first-order valence-corrected chi connectivity index (χ1v) is 7.30. The summed E-state index contributed by atoms with van der Waals surface area (Å²) in [4.78, 5) is 28.2. The Bertz CT molecular complexity index is 517. The number of carbonyl (C=O) groups excluding carboxylic acids is 2. The van der Waals surface area contributed by atoms with Gasteiger partial charge in [0.25, 0.3) is 5.91 Å². The van der Waals surface area contributed by atoms with Crippen LogP contribution in [0.5, 0.6) is 0 Å². The fourth-order valence-electron chi connectivity index (χ4n) is 2.49. The molecule has 116 valence electrons. The molecule has 0 saturated carbocycles. The molecule has 0 aromatic carbocycles. The molecule has 7 nitrogen and oxygen atoms in total. The highest BCUT2D eigenvalue weighted by atomic mass is 16.2. The molecule has 1 aromatic rings. The van der Waals surface area contributed by atoms with Crippen LogP contribution in [0.15, 0.2) is 6.07 Å². The van der Waals surface area contributed by atoms with Crippen molar-refractivity contribution >= 4 is 11.8 Å². The Hall–Kier alpha value is -1.89. The molecule has 21 heavy (non-hydrogen) atoms. The van der Waals surface area contributed by atoms with Crippen LogP contribution < -0.4 is 5.32 Å². The summed E-state index contributed by atoms with van der Waals surface area (Å²) in [5.41, 5.74) is 1.25. The molecule has 2 heterocycles. The van der Waals surface area contributed by atoms with Gasteiger partial charge in [-0.25, -0.2) is 0 Å². The lowest BCUT2D eigenvalue weighted by Gasteiger charge is -2.34. The number of hydrogen-bond acceptors (Lipinski definition) is 4. The molecule has 0 atom stereocenters. The van der Waals surface area contributed by atoms with Crippen LogP contribution in [0, 0.1) is 6.92 Å². The minimum Gasteiger partial charge on any atom is -0.342 e. The van der Waals surface area contributed by atoms with Crippen molar-refractivity contribution in [2.24, 2.45) is 7.05 Å². The van der Waals surface area contributed by atoms with Gasteiger partial charge in [-0.05, 0) is 19.5 Å². The first kappa shape index (κ1) is 15.5. The Morgan fingerprint density at radius 1 is 1.29 bits per heavy atom. The maximum Gasteiger partial charge on any atom is 0.269 e. The number of nitrogens with zero attached hydrogens (tertiary/aromatic N) is 4. The van der Waals surface area contributed by atoms with Crippen molar-refractivity contribution in [3.05, 3.63) is 17.5 Å². The zero-order valence-corrected chi connectivity index (χ0v) is 12.9. The van der Waals surface area contributed by atoms with Gasteiger partial charge >= 0.3 is 0 Å². The third-order valence-corrected chi connectivity index (χ3v) is 3.81. The summed E-state index contributed by atoms with van der Waals surface area (Å²) in [5, 5.41) is 6.79. The van der Waals surface area contributed by atoms with E-state index >= 15 is 0 Å². The molecule has 0 bridgehead atoms. The summed E-state index contributed by atoms with van der Waals surface area (Å²) >= 11 is 0. The molecule has 1 fully saturated rings. The van der Waals surface area contributed by atoms with E-state index in [4.69, 9.17) is 0 Å². The highest BCUT2D eigenvalue weighted by Crippen LogP contribution is 2.03. The van der Waals surface area contributed by atoms with Crippen molar-refractivity contribution in [3.63, 3.8) is 0 Å². The van der Waals surface area contributed by atoms with Crippen LogP contribution in [0.4, 0.5) is 0 Å². The predicted molar refractivity (Wildman–Crippen MR) is 79.0 cm³/mol. The van der Waals surface area contributed by atoms with Crippen LogP contribution in [-0.4, -0.2) is 70.7 Å². The van der Waals surface area contributed by atoms with Crippen LogP contribution in [0.3, 0.4) is 0 Å². The number of hydrogen-bond donors (Lipinski definition) is 1. The second-order valence-corrected chi connectivity index (χ2v) is 5.29. The van der Waals surface area contributed by atoms with Gasteiger partial charge in [-0.15, -0.1) is 0 Å². The third kappa shape index (κ3) is 3.81. The van der Waals surface area contributed by atoms with Crippen molar-refractivity contribution in [2.75, 3.05) is 39.3 Å². The molecule has 1 aliphatic rings. The lowest BCUT2D eigenvalue weighted by molar-refractivity contribution is -0.131. The molecule has 0 radical (unpaired) electrons. The Balaban J connectivity index is 1.81. The third-order valence-electron chi connectivity index (χ3n) is 3.81. The van der Waals surface area contributed by atoms with E-state index in [9.17, 15) is 9.59 Å². The van der Waals surface area contributed by atoms with Gasteiger partial charge in [-0.2, -0.15) is 5.10 Å². The topological polar surface area (TPSA) is 70.5 Å². The van der Waals surface area contributed by atoms with E-state index in [2.05, 4.69) is 22.2 Å². The average molecular weight is 293 g/mol. The highest BCUT2D eigenvalue weighted by molar-refractivity contribution is 5.95. The fourth-order valence-corrected chi connectivity index (χ4v) is 2.49. The molecular formula is C14H23N5O2. The van der Waals surface area contributed by atoms with E-state index in [0.717, 1.165) is 38.4 Å². The first-order valence-electron chi connectivity index (χ1n) is 7.30. The number of amides is 2. The Morgan fingerprint density at radius 2 is 1.95 bits per heavy atom. The molecule has 2 amide bonds. The molecule has 1 saturated heterocycles. The van der Waals surface area contributed by atoms with Crippen LogP contribution in [-0.2, 0) is 11.8 Å². The fraction of sp³-hybridized carbons (Fsp3) is 0.643. The van der Waals surface area contributed by atoms with Gasteiger partial charge in [-0.3, -0.25) is 14.3 Å². The van der Waals surface area contributed by atoms with Gasteiger partial charge in [-0.1, -0.05) is 6.92 Å². The standard InChI is InChI=1S/C14H23N5O2/c1-4-18-5-7-19(8-6-18)13(20)10-15-14(21)12-9-11(2)16-17(12)3/h9H,4-8,10H2,1-3H3,(H,15,21). The average Bonchev–Trinajstić information content (AvgIpc) is 2.83. The highest BCUT2D eigenvalue weighted by Gasteiger charge is 2.21. The Labute approximate surface area is 124 Å². The molecule has 7 heteroatoms. The molecule has 1 aromatic heterocycles. The van der Waals surface area contributed by atoms with Crippen LogP contribution in [0.1, 0.15) is 23.1 Å². The van der Waals surface area contributed by atoms with Crippen molar-refractivity contribution < 1.29 is 9.59 Å². The lowest BCUT2D eigenvalue weighted by atomic mass is 10.3. The molecular weight excluding hydrogens is 270 g/mol. The summed E-state index contributed by atoms with van der Waals surface area (Å²) in [7, 11) is 1.72. The van der Waals surface area contributed by atoms with Gasteiger partial charge in [0, 0.05) is 33.2 Å². The van der Waals surface area contributed by atoms with Crippen molar-refractivity contribution in [1.82, 2.24) is 24.9 Å². The second kappa shape index (κ2) is 6.71. The maximum absolute atomic E-state index is 12.1. The zero-order chi connectivity index (χ0) is 15.4. The summed E-state index contributed by atoms with van der Waals surface area (Å²) in [5.74, 6) is -0.295. The van der Waals surface area contributed by atoms with E-state index in [1.165, 1.54) is 4.68 Å². The summed E-state index contributed by atoms with van der Waals surface area (Å²) in [6.45, 7) is 8.26. The minimum absolute atomic E-state index is 0.0296. The maximum atomic E-state index is 12.1. The van der Waals surface area contributed by atoms with Crippen molar-refractivity contribution in [2.45, 2.75) is 13.8 Å². The minimum atomic E-state index is -0.265. The number of piperazine rings is 1. The molecule has 0 aliphatic carbocycles. The van der Waals surface area contributed by atoms with E-state index in [0.29, 0.717) is 5.69 Å². The number of aryl methyl sites for hydroxylation is 2. The van der Waals surface area contributed by atoms with Gasteiger partial charge in [0.2, 0.25) is 5.91 Å². The lowest BCUT2D eigenvalue weighted by Crippen LogP contribution is -2.51. The van der Waals surface area contributed by atoms with Gasteiger partial charge in [0.05, 0.1) is 12.2 Å². The summed E-state index contributed by atoms with van der Waals surface area (Å²) in [6, 6.07) is 1.71. The Morgan fingerprint density at radius 3 is 2.48 bits per heavy atom. The molecule has 2 rings (SSSR count). The van der Waals surface area contributed by atoms with Crippen LogP contribution >= 0.6 is 0 Å². The van der Waals surface area contributed by atoms with Crippen LogP contribution in [0.25, 0.3) is 0 Å². The SMILES string of the molecule is CCN1CCN(C(=O)CNC(=O)c2cc(C)nn2C)CC1. The normalized spacial score (nSPS) is 16.0. The van der Waals surface area contributed by atoms with Gasteiger partial charge in [0.1, 0.15) is 5.69 Å². The summed E-state index contributed by atoms with van der Waals surface area (Å²) < 4.78 is 1.52. The molecule has 1 N–H and O–H groups in total. The predicted octanol–water partition coefficient (Wildman–Crippen LogP) is -0.378. The Kier molecular flexibility index (Phi) is 4.95. The van der Waals surface area contributed by atoms with Gasteiger partial charge < -0.3 is 15.1 Å². The van der Waals surface area contributed by atoms with Crippen LogP contribution in [0.2, 0.25) is 0 Å².